The standard InChI is InChI=1S/C15H24N2O3/c1-17-6-7-20-14(11-17)9-16-10-15(18)12-4-3-5-13(8-12)19-2/h3-5,8,14-16,18H,6-7,9-11H2,1-2H3. The minimum Gasteiger partial charge on any atom is -0.497 e. The number of morpholine rings is 1. The summed E-state index contributed by atoms with van der Waals surface area (Å²) in [5.74, 6) is 0.763. The lowest BCUT2D eigenvalue weighted by Crippen LogP contribution is -2.45. The molecule has 0 bridgehead atoms. The van der Waals surface area contributed by atoms with E-state index in [-0.39, 0.29) is 6.10 Å². The van der Waals surface area contributed by atoms with Crippen LogP contribution in [0, 0.1) is 0 Å². The Morgan fingerprint density at radius 3 is 3.15 bits per heavy atom. The number of likely N-dealkylation sites (N-methyl/N-ethyl adjacent to an activating group) is 1. The molecule has 1 heterocycles. The molecule has 2 atom stereocenters. The minimum absolute atomic E-state index is 0.200. The van der Waals surface area contributed by atoms with Gasteiger partial charge in [-0.25, -0.2) is 0 Å². The van der Waals surface area contributed by atoms with Gasteiger partial charge in [-0.1, -0.05) is 12.1 Å². The molecule has 0 saturated carbocycles. The zero-order valence-electron chi connectivity index (χ0n) is 12.2. The van der Waals surface area contributed by atoms with Crippen LogP contribution in [0.25, 0.3) is 0 Å². The Labute approximate surface area is 120 Å². The molecule has 0 aromatic heterocycles. The molecule has 1 aromatic rings. The predicted molar refractivity (Wildman–Crippen MR) is 78.1 cm³/mol. The molecule has 20 heavy (non-hydrogen) atoms. The predicted octanol–water partition coefficient (Wildman–Crippen LogP) is 0.649. The van der Waals surface area contributed by atoms with Crippen molar-refractivity contribution < 1.29 is 14.6 Å². The van der Waals surface area contributed by atoms with E-state index in [1.165, 1.54) is 0 Å². The number of nitrogens with one attached hydrogen (secondary N) is 1. The highest BCUT2D eigenvalue weighted by molar-refractivity contribution is 5.29. The van der Waals surface area contributed by atoms with Gasteiger partial charge in [0.15, 0.2) is 0 Å². The summed E-state index contributed by atoms with van der Waals surface area (Å²) in [7, 11) is 3.72. The molecule has 1 aliphatic heterocycles. The summed E-state index contributed by atoms with van der Waals surface area (Å²) in [5, 5.41) is 13.4. The second-order valence-corrected chi connectivity index (χ2v) is 5.21. The summed E-state index contributed by atoms with van der Waals surface area (Å²) in [6.45, 7) is 3.97. The Bertz CT molecular complexity index is 414. The summed E-state index contributed by atoms with van der Waals surface area (Å²) < 4.78 is 10.8. The number of ether oxygens (including phenoxy) is 2. The van der Waals surface area contributed by atoms with Crippen LogP contribution in [0.2, 0.25) is 0 Å². The largest absolute Gasteiger partial charge is 0.497 e. The van der Waals surface area contributed by atoms with Crippen molar-refractivity contribution in [2.24, 2.45) is 0 Å². The second-order valence-electron chi connectivity index (χ2n) is 5.21. The van der Waals surface area contributed by atoms with Crippen molar-refractivity contribution in [1.82, 2.24) is 10.2 Å². The molecule has 2 unspecified atom stereocenters. The maximum absolute atomic E-state index is 10.2. The van der Waals surface area contributed by atoms with E-state index < -0.39 is 6.10 Å². The van der Waals surface area contributed by atoms with Gasteiger partial charge in [-0.05, 0) is 24.7 Å². The number of methoxy groups -OCH3 is 1. The van der Waals surface area contributed by atoms with Crippen molar-refractivity contribution in [3.05, 3.63) is 29.8 Å². The molecule has 2 rings (SSSR count). The Balaban J connectivity index is 1.75. The highest BCUT2D eigenvalue weighted by Gasteiger charge is 2.17. The van der Waals surface area contributed by atoms with Gasteiger partial charge in [0.2, 0.25) is 0 Å². The third-order valence-electron chi connectivity index (χ3n) is 3.53. The monoisotopic (exact) mass is 280 g/mol. The van der Waals surface area contributed by atoms with Crippen LogP contribution in [-0.2, 0) is 4.74 Å². The van der Waals surface area contributed by atoms with Gasteiger partial charge in [-0.15, -0.1) is 0 Å². The number of aliphatic hydroxyl groups is 1. The summed E-state index contributed by atoms with van der Waals surface area (Å²) >= 11 is 0. The smallest absolute Gasteiger partial charge is 0.119 e. The fourth-order valence-electron chi connectivity index (χ4n) is 2.34. The van der Waals surface area contributed by atoms with Gasteiger partial charge < -0.3 is 24.8 Å². The van der Waals surface area contributed by atoms with Crippen molar-refractivity contribution in [3.63, 3.8) is 0 Å². The van der Waals surface area contributed by atoms with Gasteiger partial charge in [0.05, 0.1) is 25.9 Å². The zero-order valence-corrected chi connectivity index (χ0v) is 12.2. The van der Waals surface area contributed by atoms with Crippen molar-refractivity contribution >= 4 is 0 Å². The van der Waals surface area contributed by atoms with Crippen molar-refractivity contribution in [3.8, 4) is 5.75 Å². The quantitative estimate of drug-likeness (QED) is 0.801. The first-order chi connectivity index (χ1) is 9.69. The lowest BCUT2D eigenvalue weighted by atomic mass is 10.1. The molecule has 1 aromatic carbocycles. The zero-order chi connectivity index (χ0) is 14.4. The number of hydrogen-bond acceptors (Lipinski definition) is 5. The van der Waals surface area contributed by atoms with E-state index >= 15 is 0 Å². The average Bonchev–Trinajstić information content (AvgIpc) is 2.47. The van der Waals surface area contributed by atoms with E-state index in [0.717, 1.165) is 37.6 Å². The maximum Gasteiger partial charge on any atom is 0.119 e. The van der Waals surface area contributed by atoms with Gasteiger partial charge in [0.1, 0.15) is 5.75 Å². The lowest BCUT2D eigenvalue weighted by molar-refractivity contribution is -0.0191. The number of hydrogen-bond donors (Lipinski definition) is 2. The highest BCUT2D eigenvalue weighted by atomic mass is 16.5. The Morgan fingerprint density at radius 2 is 2.40 bits per heavy atom. The number of aliphatic hydroxyl groups excluding tert-OH is 1. The summed E-state index contributed by atoms with van der Waals surface area (Å²) in [5.41, 5.74) is 0.860. The summed E-state index contributed by atoms with van der Waals surface area (Å²) in [6.07, 6.45) is -0.335. The molecule has 0 radical (unpaired) electrons. The summed E-state index contributed by atoms with van der Waals surface area (Å²) in [4.78, 5) is 2.26. The minimum atomic E-state index is -0.536. The molecule has 2 N–H and O–H groups in total. The SMILES string of the molecule is COc1cccc(C(O)CNCC2CN(C)CCO2)c1. The second kappa shape index (κ2) is 7.59. The molecule has 5 nitrogen and oxygen atoms in total. The van der Waals surface area contributed by atoms with Crippen LogP contribution in [0.15, 0.2) is 24.3 Å². The van der Waals surface area contributed by atoms with Crippen LogP contribution in [-0.4, -0.2) is 63.1 Å². The van der Waals surface area contributed by atoms with Crippen LogP contribution < -0.4 is 10.1 Å². The maximum atomic E-state index is 10.2. The van der Waals surface area contributed by atoms with E-state index in [9.17, 15) is 5.11 Å². The van der Waals surface area contributed by atoms with Gasteiger partial charge in [0.25, 0.3) is 0 Å². The van der Waals surface area contributed by atoms with Crippen LogP contribution in [0.4, 0.5) is 0 Å². The molecule has 1 fully saturated rings. The summed E-state index contributed by atoms with van der Waals surface area (Å²) in [6, 6.07) is 7.52. The average molecular weight is 280 g/mol. The Hall–Kier alpha value is -1.14. The van der Waals surface area contributed by atoms with E-state index in [1.807, 2.05) is 24.3 Å². The van der Waals surface area contributed by atoms with Gasteiger partial charge in [-0.3, -0.25) is 0 Å². The van der Waals surface area contributed by atoms with E-state index in [1.54, 1.807) is 7.11 Å². The molecule has 0 amide bonds. The van der Waals surface area contributed by atoms with Crippen molar-refractivity contribution in [2.75, 3.05) is 46.9 Å². The van der Waals surface area contributed by atoms with Crippen LogP contribution >= 0.6 is 0 Å². The highest BCUT2D eigenvalue weighted by Crippen LogP contribution is 2.18. The van der Waals surface area contributed by atoms with E-state index in [4.69, 9.17) is 9.47 Å². The van der Waals surface area contributed by atoms with E-state index in [0.29, 0.717) is 6.54 Å². The molecule has 112 valence electrons. The number of nitrogens with zero attached hydrogens (tertiary/aromatic N) is 1. The van der Waals surface area contributed by atoms with Crippen LogP contribution in [0.3, 0.4) is 0 Å². The first-order valence-corrected chi connectivity index (χ1v) is 7.02. The van der Waals surface area contributed by atoms with Crippen LogP contribution in [0.1, 0.15) is 11.7 Å². The fourth-order valence-corrected chi connectivity index (χ4v) is 2.34. The molecule has 1 saturated heterocycles. The Morgan fingerprint density at radius 1 is 1.55 bits per heavy atom. The molecular weight excluding hydrogens is 256 g/mol. The van der Waals surface area contributed by atoms with Gasteiger partial charge in [0, 0.05) is 26.2 Å². The first-order valence-electron chi connectivity index (χ1n) is 7.02. The van der Waals surface area contributed by atoms with E-state index in [2.05, 4.69) is 17.3 Å². The first kappa shape index (κ1) is 15.3. The lowest BCUT2D eigenvalue weighted by Gasteiger charge is -2.30. The molecule has 0 aliphatic carbocycles. The molecule has 5 heteroatoms. The Kier molecular flexibility index (Phi) is 5.79. The van der Waals surface area contributed by atoms with Gasteiger partial charge in [-0.2, -0.15) is 0 Å². The molecule has 1 aliphatic rings. The van der Waals surface area contributed by atoms with Gasteiger partial charge >= 0.3 is 0 Å². The number of rotatable bonds is 6. The van der Waals surface area contributed by atoms with Crippen molar-refractivity contribution in [2.45, 2.75) is 12.2 Å². The van der Waals surface area contributed by atoms with Crippen LogP contribution in [0.5, 0.6) is 5.75 Å². The fraction of sp³-hybridized carbons (Fsp3) is 0.600. The number of benzene rings is 1. The third-order valence-corrected chi connectivity index (χ3v) is 3.53. The molecule has 0 spiro atoms. The topological polar surface area (TPSA) is 54.0 Å². The third kappa shape index (κ3) is 4.45. The normalized spacial score (nSPS) is 21.6. The molecular formula is C15H24N2O3. The van der Waals surface area contributed by atoms with Crippen molar-refractivity contribution in [1.29, 1.82) is 0 Å².